The van der Waals surface area contributed by atoms with Crippen molar-refractivity contribution in [2.24, 2.45) is 0 Å². The summed E-state index contributed by atoms with van der Waals surface area (Å²) in [7, 11) is 0. The van der Waals surface area contributed by atoms with Crippen LogP contribution in [0.2, 0.25) is 0 Å². The third-order valence-electron chi connectivity index (χ3n) is 4.46. The number of carbonyl (C=O) groups excluding carboxylic acids is 1. The van der Waals surface area contributed by atoms with E-state index in [0.29, 0.717) is 28.9 Å². The third-order valence-corrected chi connectivity index (χ3v) is 4.46. The Bertz CT molecular complexity index is 1230. The molecule has 0 unspecified atom stereocenters. The molecule has 0 saturated heterocycles. The SMILES string of the molecule is O=C(Nc1cccc(OCc2ccccc2)c1)c1c(O)c2ccccc2[nH]c1=O. The van der Waals surface area contributed by atoms with E-state index < -0.39 is 11.5 Å². The van der Waals surface area contributed by atoms with Gasteiger partial charge in [-0.15, -0.1) is 0 Å². The minimum absolute atomic E-state index is 0.334. The number of rotatable bonds is 5. The molecule has 6 heteroatoms. The van der Waals surface area contributed by atoms with Crippen molar-refractivity contribution in [3.8, 4) is 11.5 Å². The van der Waals surface area contributed by atoms with E-state index in [9.17, 15) is 14.7 Å². The minimum atomic E-state index is -0.699. The lowest BCUT2D eigenvalue weighted by Crippen LogP contribution is -2.23. The van der Waals surface area contributed by atoms with Gasteiger partial charge in [-0.2, -0.15) is 0 Å². The number of ether oxygens (including phenoxy) is 1. The molecular weight excluding hydrogens is 368 g/mol. The van der Waals surface area contributed by atoms with Gasteiger partial charge in [0.1, 0.15) is 23.7 Å². The largest absolute Gasteiger partial charge is 0.506 e. The summed E-state index contributed by atoms with van der Waals surface area (Å²) in [5.41, 5.74) is 0.944. The molecule has 0 aliphatic carbocycles. The lowest BCUT2D eigenvalue weighted by molar-refractivity contribution is 0.102. The molecule has 0 spiro atoms. The quantitative estimate of drug-likeness (QED) is 0.482. The Morgan fingerprint density at radius 3 is 2.55 bits per heavy atom. The molecular formula is C23H18N2O4. The van der Waals surface area contributed by atoms with E-state index >= 15 is 0 Å². The van der Waals surface area contributed by atoms with Crippen molar-refractivity contribution in [2.75, 3.05) is 5.32 Å². The predicted molar refractivity (Wildman–Crippen MR) is 111 cm³/mol. The molecule has 4 aromatic rings. The highest BCUT2D eigenvalue weighted by atomic mass is 16.5. The number of benzene rings is 3. The molecule has 0 radical (unpaired) electrons. The van der Waals surface area contributed by atoms with Gasteiger partial charge < -0.3 is 20.1 Å². The number of aromatic hydroxyl groups is 1. The van der Waals surface area contributed by atoms with Crippen molar-refractivity contribution in [1.82, 2.24) is 4.98 Å². The maximum absolute atomic E-state index is 12.7. The second kappa shape index (κ2) is 7.90. The number of anilines is 1. The van der Waals surface area contributed by atoms with E-state index in [-0.39, 0.29) is 11.3 Å². The lowest BCUT2D eigenvalue weighted by atomic mass is 10.1. The smallest absolute Gasteiger partial charge is 0.265 e. The zero-order valence-corrected chi connectivity index (χ0v) is 15.4. The first-order valence-corrected chi connectivity index (χ1v) is 9.04. The number of fused-ring (bicyclic) bond motifs is 1. The zero-order chi connectivity index (χ0) is 20.2. The first-order chi connectivity index (χ1) is 14.1. The minimum Gasteiger partial charge on any atom is -0.506 e. The highest BCUT2D eigenvalue weighted by molar-refractivity contribution is 6.08. The van der Waals surface area contributed by atoms with Crippen LogP contribution in [0.5, 0.6) is 11.5 Å². The van der Waals surface area contributed by atoms with Gasteiger partial charge in [-0.3, -0.25) is 9.59 Å². The molecule has 29 heavy (non-hydrogen) atoms. The number of aromatic nitrogens is 1. The number of nitrogens with one attached hydrogen (secondary N) is 2. The summed E-state index contributed by atoms with van der Waals surface area (Å²) in [6.45, 7) is 0.392. The molecule has 144 valence electrons. The summed E-state index contributed by atoms with van der Waals surface area (Å²) in [5.74, 6) is -0.476. The Labute approximate surface area is 166 Å². The number of pyridine rings is 1. The number of para-hydroxylation sites is 1. The van der Waals surface area contributed by atoms with Crippen LogP contribution < -0.4 is 15.6 Å². The van der Waals surface area contributed by atoms with Crippen molar-refractivity contribution in [2.45, 2.75) is 6.61 Å². The van der Waals surface area contributed by atoms with Gasteiger partial charge in [-0.1, -0.05) is 48.5 Å². The average molecular weight is 386 g/mol. The maximum Gasteiger partial charge on any atom is 0.265 e. The van der Waals surface area contributed by atoms with Crippen LogP contribution in [0.4, 0.5) is 5.69 Å². The van der Waals surface area contributed by atoms with Crippen LogP contribution >= 0.6 is 0 Å². The third kappa shape index (κ3) is 3.96. The van der Waals surface area contributed by atoms with Crippen molar-refractivity contribution in [1.29, 1.82) is 0 Å². The molecule has 0 fully saturated rings. The normalized spacial score (nSPS) is 10.6. The number of amides is 1. The molecule has 0 saturated carbocycles. The molecule has 1 heterocycles. The van der Waals surface area contributed by atoms with Gasteiger partial charge in [-0.25, -0.2) is 0 Å². The van der Waals surface area contributed by atoms with Gasteiger partial charge in [0, 0.05) is 17.1 Å². The summed E-state index contributed by atoms with van der Waals surface area (Å²) >= 11 is 0. The van der Waals surface area contributed by atoms with Gasteiger partial charge in [0.25, 0.3) is 11.5 Å². The second-order valence-electron chi connectivity index (χ2n) is 6.48. The van der Waals surface area contributed by atoms with Crippen LogP contribution in [0.3, 0.4) is 0 Å². The number of hydrogen-bond donors (Lipinski definition) is 3. The Kier molecular flexibility index (Phi) is 4.99. The number of carbonyl (C=O) groups is 1. The zero-order valence-electron chi connectivity index (χ0n) is 15.4. The number of H-pyrrole nitrogens is 1. The van der Waals surface area contributed by atoms with Gasteiger partial charge >= 0.3 is 0 Å². The molecule has 0 aliphatic heterocycles. The highest BCUT2D eigenvalue weighted by Gasteiger charge is 2.19. The Morgan fingerprint density at radius 2 is 1.72 bits per heavy atom. The van der Waals surface area contributed by atoms with Gasteiger partial charge in [0.15, 0.2) is 0 Å². The molecule has 1 aromatic heterocycles. The first-order valence-electron chi connectivity index (χ1n) is 9.04. The van der Waals surface area contributed by atoms with Gasteiger partial charge in [-0.05, 0) is 29.8 Å². The van der Waals surface area contributed by atoms with E-state index in [1.807, 2.05) is 30.3 Å². The summed E-state index contributed by atoms with van der Waals surface area (Å²) in [5, 5.41) is 13.5. The molecule has 4 rings (SSSR count). The van der Waals surface area contributed by atoms with Crippen LogP contribution in [0.15, 0.2) is 83.7 Å². The summed E-state index contributed by atoms with van der Waals surface area (Å²) in [6.07, 6.45) is 0. The monoisotopic (exact) mass is 386 g/mol. The first kappa shape index (κ1) is 18.3. The fourth-order valence-electron chi connectivity index (χ4n) is 3.03. The summed E-state index contributed by atoms with van der Waals surface area (Å²) in [6, 6.07) is 23.3. The Balaban J connectivity index is 1.55. The molecule has 6 nitrogen and oxygen atoms in total. The fourth-order valence-corrected chi connectivity index (χ4v) is 3.03. The molecule has 0 aliphatic rings. The van der Waals surface area contributed by atoms with E-state index in [2.05, 4.69) is 10.3 Å². The predicted octanol–water partition coefficient (Wildman–Crippen LogP) is 4.07. The standard InChI is InChI=1S/C23H18N2O4/c26-21-18-11-4-5-12-19(18)25-23(28)20(21)22(27)24-16-9-6-10-17(13-16)29-14-15-7-2-1-3-8-15/h1-13H,14H2,(H,24,27)(H2,25,26,28). The van der Waals surface area contributed by atoms with Crippen molar-refractivity contribution in [3.05, 3.63) is 100 Å². The molecule has 1 amide bonds. The Morgan fingerprint density at radius 1 is 0.966 bits per heavy atom. The fraction of sp³-hybridized carbons (Fsp3) is 0.0435. The maximum atomic E-state index is 12.7. The van der Waals surface area contributed by atoms with E-state index in [1.54, 1.807) is 48.5 Å². The van der Waals surface area contributed by atoms with Gasteiger partial charge in [0.05, 0.1) is 5.52 Å². The van der Waals surface area contributed by atoms with Crippen LogP contribution in [-0.2, 0) is 6.61 Å². The number of hydrogen-bond acceptors (Lipinski definition) is 4. The van der Waals surface area contributed by atoms with E-state index in [4.69, 9.17) is 4.74 Å². The van der Waals surface area contributed by atoms with Crippen LogP contribution in [-0.4, -0.2) is 16.0 Å². The van der Waals surface area contributed by atoms with Gasteiger partial charge in [0.2, 0.25) is 0 Å². The van der Waals surface area contributed by atoms with Crippen LogP contribution in [0.25, 0.3) is 10.9 Å². The van der Waals surface area contributed by atoms with Crippen LogP contribution in [0.1, 0.15) is 15.9 Å². The number of aromatic amines is 1. The topological polar surface area (TPSA) is 91.4 Å². The van der Waals surface area contributed by atoms with Crippen molar-refractivity contribution >= 4 is 22.5 Å². The molecule has 3 N–H and O–H groups in total. The highest BCUT2D eigenvalue weighted by Crippen LogP contribution is 2.26. The van der Waals surface area contributed by atoms with E-state index in [1.165, 1.54) is 0 Å². The summed E-state index contributed by atoms with van der Waals surface area (Å²) < 4.78 is 5.76. The average Bonchev–Trinajstić information content (AvgIpc) is 2.73. The lowest BCUT2D eigenvalue weighted by Gasteiger charge is -2.10. The van der Waals surface area contributed by atoms with E-state index in [0.717, 1.165) is 5.56 Å². The van der Waals surface area contributed by atoms with Crippen LogP contribution in [0, 0.1) is 0 Å². The Hall–Kier alpha value is -4.06. The molecule has 3 aromatic carbocycles. The second-order valence-corrected chi connectivity index (χ2v) is 6.48. The summed E-state index contributed by atoms with van der Waals surface area (Å²) in [4.78, 5) is 27.6. The van der Waals surface area contributed by atoms with Crippen molar-refractivity contribution < 1.29 is 14.6 Å². The van der Waals surface area contributed by atoms with Crippen molar-refractivity contribution in [3.63, 3.8) is 0 Å². The molecule has 0 bridgehead atoms. The molecule has 0 atom stereocenters.